The minimum Gasteiger partial charge on any atom is -0.299 e. The van der Waals surface area contributed by atoms with E-state index < -0.39 is 5.41 Å². The van der Waals surface area contributed by atoms with E-state index in [1.165, 1.54) is 4.90 Å². The predicted molar refractivity (Wildman–Crippen MR) is 89.3 cm³/mol. The van der Waals surface area contributed by atoms with E-state index in [9.17, 15) is 14.4 Å². The number of amides is 2. The number of carbonyl (C=O) groups excluding carboxylic acids is 3. The molecule has 4 nitrogen and oxygen atoms in total. The average Bonchev–Trinajstić information content (AvgIpc) is 2.40. The van der Waals surface area contributed by atoms with Crippen LogP contribution in [-0.2, 0) is 14.4 Å². The summed E-state index contributed by atoms with van der Waals surface area (Å²) in [4.78, 5) is 37.8. The van der Waals surface area contributed by atoms with Crippen molar-refractivity contribution in [2.45, 2.75) is 74.7 Å². The van der Waals surface area contributed by atoms with Crippen molar-refractivity contribution in [1.82, 2.24) is 4.90 Å². The van der Waals surface area contributed by atoms with Crippen molar-refractivity contribution in [2.24, 2.45) is 16.7 Å². The zero-order valence-electron chi connectivity index (χ0n) is 15.6. The molecule has 0 heterocycles. The number of hydrogen-bond acceptors (Lipinski definition) is 3. The van der Waals surface area contributed by atoms with Crippen molar-refractivity contribution < 1.29 is 14.4 Å². The summed E-state index contributed by atoms with van der Waals surface area (Å²) in [6.45, 7) is 15.6. The SMILES string of the molecule is CCC(=O)N(CC(C)(C)CC(C)(C)C(=O)C(C)C)C(=O)CC. The third-order valence-corrected chi connectivity index (χ3v) is 3.91. The first-order valence-electron chi connectivity index (χ1n) is 8.25. The molecule has 0 saturated carbocycles. The molecule has 128 valence electrons. The summed E-state index contributed by atoms with van der Waals surface area (Å²) in [5.41, 5.74) is -0.766. The van der Waals surface area contributed by atoms with E-state index in [1.54, 1.807) is 13.8 Å². The molecule has 4 heteroatoms. The highest BCUT2D eigenvalue weighted by atomic mass is 16.2. The molecule has 22 heavy (non-hydrogen) atoms. The lowest BCUT2D eigenvalue weighted by Gasteiger charge is -2.37. The molecule has 0 radical (unpaired) electrons. The highest BCUT2D eigenvalue weighted by Gasteiger charge is 2.37. The van der Waals surface area contributed by atoms with Crippen LogP contribution >= 0.6 is 0 Å². The van der Waals surface area contributed by atoms with Crippen LogP contribution in [0.1, 0.15) is 74.7 Å². The number of ketones is 1. The maximum absolute atomic E-state index is 12.4. The Balaban J connectivity index is 5.17. The van der Waals surface area contributed by atoms with Crippen LogP contribution in [0.4, 0.5) is 0 Å². The molecule has 0 aromatic rings. The lowest BCUT2D eigenvalue weighted by molar-refractivity contribution is -0.146. The second kappa shape index (κ2) is 7.89. The molecule has 0 aromatic heterocycles. The van der Waals surface area contributed by atoms with E-state index in [4.69, 9.17) is 0 Å². The van der Waals surface area contributed by atoms with Gasteiger partial charge >= 0.3 is 0 Å². The quantitative estimate of drug-likeness (QED) is 0.684. The fraction of sp³-hybridized carbons (Fsp3) is 0.833. The fourth-order valence-corrected chi connectivity index (χ4v) is 3.25. The topological polar surface area (TPSA) is 54.5 Å². The number of carbonyl (C=O) groups is 3. The Kier molecular flexibility index (Phi) is 7.46. The number of imide groups is 1. The summed E-state index contributed by atoms with van der Waals surface area (Å²) in [6.07, 6.45) is 1.27. The first-order valence-corrected chi connectivity index (χ1v) is 8.25. The number of nitrogens with zero attached hydrogens (tertiary/aromatic N) is 1. The van der Waals surface area contributed by atoms with Crippen molar-refractivity contribution in [3.05, 3.63) is 0 Å². The molecule has 0 fully saturated rings. The van der Waals surface area contributed by atoms with Crippen LogP contribution < -0.4 is 0 Å². The zero-order chi connectivity index (χ0) is 17.7. The Morgan fingerprint density at radius 1 is 0.909 bits per heavy atom. The van der Waals surface area contributed by atoms with E-state index >= 15 is 0 Å². The van der Waals surface area contributed by atoms with Crippen LogP contribution in [0.5, 0.6) is 0 Å². The second-order valence-electron chi connectivity index (χ2n) is 7.82. The molecule has 0 aliphatic carbocycles. The number of Topliss-reactive ketones (excluding diaryl/α,β-unsaturated/α-hetero) is 1. The normalized spacial score (nSPS) is 12.4. The van der Waals surface area contributed by atoms with Crippen molar-refractivity contribution in [2.75, 3.05) is 6.54 Å². The lowest BCUT2D eigenvalue weighted by Crippen LogP contribution is -2.45. The van der Waals surface area contributed by atoms with Crippen molar-refractivity contribution in [3.63, 3.8) is 0 Å². The summed E-state index contributed by atoms with van der Waals surface area (Å²) < 4.78 is 0. The highest BCUT2D eigenvalue weighted by Crippen LogP contribution is 2.36. The third kappa shape index (κ3) is 5.90. The molecule has 0 bridgehead atoms. The summed E-state index contributed by atoms with van der Waals surface area (Å²) in [5, 5.41) is 0. The second-order valence-corrected chi connectivity index (χ2v) is 7.82. The molecule has 2 amide bonds. The Morgan fingerprint density at radius 2 is 1.32 bits per heavy atom. The van der Waals surface area contributed by atoms with Gasteiger partial charge in [-0.05, 0) is 11.8 Å². The first kappa shape index (κ1) is 20.8. The molecular weight excluding hydrogens is 278 g/mol. The molecule has 0 saturated heterocycles. The number of rotatable bonds is 8. The van der Waals surface area contributed by atoms with Crippen molar-refractivity contribution in [3.8, 4) is 0 Å². The van der Waals surface area contributed by atoms with Gasteiger partial charge < -0.3 is 0 Å². The standard InChI is InChI=1S/C18H33NO3/c1-9-14(20)19(15(21)10-2)12-17(5,6)11-18(7,8)16(22)13(3)4/h13H,9-12H2,1-8H3. The Labute approximate surface area is 135 Å². The molecule has 0 atom stereocenters. The van der Waals surface area contributed by atoms with Gasteiger partial charge in [-0.15, -0.1) is 0 Å². The van der Waals surface area contributed by atoms with Gasteiger partial charge in [0, 0.05) is 30.7 Å². The van der Waals surface area contributed by atoms with Gasteiger partial charge in [0.25, 0.3) is 0 Å². The summed E-state index contributed by atoms with van der Waals surface area (Å²) in [6, 6.07) is 0. The summed E-state index contributed by atoms with van der Waals surface area (Å²) in [7, 11) is 0. The van der Waals surface area contributed by atoms with Gasteiger partial charge in [0.05, 0.1) is 0 Å². The minimum atomic E-state index is -0.464. The Bertz CT molecular complexity index is 406. The van der Waals surface area contributed by atoms with Crippen LogP contribution in [0.25, 0.3) is 0 Å². The summed E-state index contributed by atoms with van der Waals surface area (Å²) >= 11 is 0. The monoisotopic (exact) mass is 311 g/mol. The maximum atomic E-state index is 12.4. The molecule has 0 rings (SSSR count). The largest absolute Gasteiger partial charge is 0.299 e. The van der Waals surface area contributed by atoms with E-state index in [1.807, 2.05) is 41.5 Å². The maximum Gasteiger partial charge on any atom is 0.228 e. The smallest absolute Gasteiger partial charge is 0.228 e. The molecule has 0 unspecified atom stereocenters. The van der Waals surface area contributed by atoms with Crippen LogP contribution in [-0.4, -0.2) is 29.0 Å². The molecule has 0 N–H and O–H groups in total. The molecule has 0 aliphatic heterocycles. The van der Waals surface area contributed by atoms with Crippen molar-refractivity contribution >= 4 is 17.6 Å². The van der Waals surface area contributed by atoms with Crippen LogP contribution in [0.2, 0.25) is 0 Å². The number of hydrogen-bond donors (Lipinski definition) is 0. The van der Waals surface area contributed by atoms with Crippen LogP contribution in [0.3, 0.4) is 0 Å². The minimum absolute atomic E-state index is 0.0172. The molecular formula is C18H33NO3. The summed E-state index contributed by atoms with van der Waals surface area (Å²) in [5.74, 6) is -0.0898. The van der Waals surface area contributed by atoms with E-state index in [2.05, 4.69) is 0 Å². The van der Waals surface area contributed by atoms with Gasteiger partial charge in [0.15, 0.2) is 0 Å². The van der Waals surface area contributed by atoms with Crippen molar-refractivity contribution in [1.29, 1.82) is 0 Å². The zero-order valence-corrected chi connectivity index (χ0v) is 15.6. The van der Waals surface area contributed by atoms with E-state index in [0.29, 0.717) is 25.8 Å². The van der Waals surface area contributed by atoms with Gasteiger partial charge in [-0.25, -0.2) is 0 Å². The lowest BCUT2D eigenvalue weighted by atomic mass is 9.70. The highest BCUT2D eigenvalue weighted by molar-refractivity contribution is 5.95. The van der Waals surface area contributed by atoms with Gasteiger partial charge in [-0.1, -0.05) is 55.4 Å². The van der Waals surface area contributed by atoms with Crippen LogP contribution in [0.15, 0.2) is 0 Å². The molecule has 0 aliphatic rings. The van der Waals surface area contributed by atoms with E-state index in [0.717, 1.165) is 0 Å². The predicted octanol–water partition coefficient (Wildman–Crippen LogP) is 3.83. The fourth-order valence-electron chi connectivity index (χ4n) is 3.25. The first-order chi connectivity index (χ1) is 9.88. The Morgan fingerprint density at radius 3 is 1.64 bits per heavy atom. The Hall–Kier alpha value is -1.19. The van der Waals surface area contributed by atoms with E-state index in [-0.39, 0.29) is 28.9 Å². The third-order valence-electron chi connectivity index (χ3n) is 3.91. The van der Waals surface area contributed by atoms with Gasteiger partial charge in [0.1, 0.15) is 5.78 Å². The van der Waals surface area contributed by atoms with Crippen LogP contribution in [0, 0.1) is 16.7 Å². The molecule has 0 spiro atoms. The van der Waals surface area contributed by atoms with Gasteiger partial charge in [0.2, 0.25) is 11.8 Å². The molecule has 0 aromatic carbocycles. The van der Waals surface area contributed by atoms with Gasteiger partial charge in [-0.2, -0.15) is 0 Å². The average molecular weight is 311 g/mol. The van der Waals surface area contributed by atoms with Gasteiger partial charge in [-0.3, -0.25) is 19.3 Å².